The first-order valence-electron chi connectivity index (χ1n) is 6.77. The summed E-state index contributed by atoms with van der Waals surface area (Å²) in [6.07, 6.45) is 0.628. The summed E-state index contributed by atoms with van der Waals surface area (Å²) in [5.74, 6) is -0.121. The Kier molecular flexibility index (Phi) is 4.04. The fraction of sp³-hybridized carbons (Fsp3) is 0.385. The number of nitrogens with one attached hydrogen (secondary N) is 1. The minimum Gasteiger partial charge on any atom is -0.311 e. The van der Waals surface area contributed by atoms with Crippen molar-refractivity contribution in [3.63, 3.8) is 0 Å². The molecule has 1 aliphatic rings. The van der Waals surface area contributed by atoms with E-state index in [-0.39, 0.29) is 17.0 Å². The van der Waals surface area contributed by atoms with Gasteiger partial charge in [-0.05, 0) is 29.8 Å². The molecule has 0 radical (unpaired) electrons. The van der Waals surface area contributed by atoms with Crippen LogP contribution in [0, 0.1) is 5.82 Å². The molecule has 2 heterocycles. The van der Waals surface area contributed by atoms with Crippen LogP contribution in [-0.2, 0) is 18.4 Å². The summed E-state index contributed by atoms with van der Waals surface area (Å²) in [6, 6.07) is 4.01. The second-order valence-electron chi connectivity index (χ2n) is 5.01. The highest BCUT2D eigenvalue weighted by atomic mass is 35.5. The Morgan fingerprint density at radius 1 is 1.50 bits per heavy atom. The number of aryl methyl sites for hydroxylation is 1. The average Bonchev–Trinajstić information content (AvgIpc) is 3.06. The lowest BCUT2D eigenvalue weighted by atomic mass is 10.2. The molecule has 1 aromatic heterocycles. The van der Waals surface area contributed by atoms with E-state index in [1.807, 2.05) is 0 Å². The van der Waals surface area contributed by atoms with Gasteiger partial charge in [0, 0.05) is 12.2 Å². The zero-order valence-corrected chi connectivity index (χ0v) is 12.6. The van der Waals surface area contributed by atoms with Gasteiger partial charge in [0.15, 0.2) is 5.82 Å². The Bertz CT molecular complexity index is 706. The molecule has 9 heteroatoms. The minimum atomic E-state index is -0.535. The van der Waals surface area contributed by atoms with Crippen molar-refractivity contribution in [2.45, 2.75) is 19.0 Å². The number of hydrogen-bond donors (Lipinski definition) is 1. The van der Waals surface area contributed by atoms with E-state index in [2.05, 4.69) is 20.7 Å². The van der Waals surface area contributed by atoms with E-state index >= 15 is 0 Å². The van der Waals surface area contributed by atoms with Crippen molar-refractivity contribution in [3.05, 3.63) is 34.9 Å². The Labute approximate surface area is 131 Å². The summed E-state index contributed by atoms with van der Waals surface area (Å²) in [6.45, 7) is 0.874. The number of anilines is 1. The molecule has 0 saturated carbocycles. The van der Waals surface area contributed by atoms with Gasteiger partial charge >= 0.3 is 0 Å². The van der Waals surface area contributed by atoms with Crippen LogP contribution < -0.4 is 10.2 Å². The zero-order chi connectivity index (χ0) is 15.7. The van der Waals surface area contributed by atoms with Crippen LogP contribution in [0.1, 0.15) is 12.2 Å². The van der Waals surface area contributed by atoms with Gasteiger partial charge in [-0.3, -0.25) is 10.1 Å². The normalized spacial score (nSPS) is 18.2. The molecule has 3 rings (SSSR count). The van der Waals surface area contributed by atoms with Gasteiger partial charge in [-0.25, -0.2) is 4.39 Å². The highest BCUT2D eigenvalue weighted by molar-refractivity contribution is 6.30. The highest BCUT2D eigenvalue weighted by Crippen LogP contribution is 2.25. The number of hydrogen-bond acceptors (Lipinski definition) is 5. The Morgan fingerprint density at radius 2 is 2.32 bits per heavy atom. The van der Waals surface area contributed by atoms with Crippen LogP contribution in [0.5, 0.6) is 0 Å². The van der Waals surface area contributed by atoms with E-state index in [9.17, 15) is 9.18 Å². The minimum absolute atomic E-state index is 0.0406. The maximum atomic E-state index is 13.5. The summed E-state index contributed by atoms with van der Waals surface area (Å²) in [5, 5.41) is 14.8. The van der Waals surface area contributed by atoms with Crippen molar-refractivity contribution in [2.24, 2.45) is 7.05 Å². The maximum Gasteiger partial charge on any atom is 0.244 e. The Balaban J connectivity index is 1.65. The summed E-state index contributed by atoms with van der Waals surface area (Å²) in [5.41, 5.74) is 0.508. The smallest absolute Gasteiger partial charge is 0.244 e. The molecule has 0 bridgehead atoms. The summed E-state index contributed by atoms with van der Waals surface area (Å²) in [7, 11) is 1.67. The SMILES string of the molecule is Cn1nnc(CNC2CCN(c3ccc(Cl)c(F)c3)C2=O)n1. The van der Waals surface area contributed by atoms with Crippen molar-refractivity contribution in [1.82, 2.24) is 25.5 Å². The molecule has 1 atom stereocenters. The number of nitrogens with zero attached hydrogens (tertiary/aromatic N) is 5. The van der Waals surface area contributed by atoms with Crippen LogP contribution in [0.3, 0.4) is 0 Å². The van der Waals surface area contributed by atoms with E-state index in [0.717, 1.165) is 0 Å². The molecule has 1 saturated heterocycles. The van der Waals surface area contributed by atoms with E-state index in [1.54, 1.807) is 18.0 Å². The third-order valence-corrected chi connectivity index (χ3v) is 3.78. The molecule has 0 spiro atoms. The van der Waals surface area contributed by atoms with Crippen LogP contribution >= 0.6 is 11.6 Å². The zero-order valence-electron chi connectivity index (χ0n) is 11.8. The first-order valence-corrected chi connectivity index (χ1v) is 7.15. The van der Waals surface area contributed by atoms with Crippen molar-refractivity contribution < 1.29 is 9.18 Å². The Hall–Kier alpha value is -2.06. The van der Waals surface area contributed by atoms with Gasteiger partial charge in [-0.2, -0.15) is 4.80 Å². The van der Waals surface area contributed by atoms with Gasteiger partial charge < -0.3 is 4.90 Å². The predicted molar refractivity (Wildman–Crippen MR) is 77.8 cm³/mol. The number of rotatable bonds is 4. The molecule has 1 fully saturated rings. The lowest BCUT2D eigenvalue weighted by molar-refractivity contribution is -0.118. The fourth-order valence-corrected chi connectivity index (χ4v) is 2.50. The second kappa shape index (κ2) is 5.98. The van der Waals surface area contributed by atoms with Crippen LogP contribution in [0.15, 0.2) is 18.2 Å². The largest absolute Gasteiger partial charge is 0.311 e. The number of amides is 1. The molecule has 22 heavy (non-hydrogen) atoms. The van der Waals surface area contributed by atoms with E-state index in [4.69, 9.17) is 11.6 Å². The van der Waals surface area contributed by atoms with Crippen molar-refractivity contribution in [3.8, 4) is 0 Å². The molecule has 1 N–H and O–H groups in total. The molecule has 2 aromatic rings. The Morgan fingerprint density at radius 3 is 3.00 bits per heavy atom. The van der Waals surface area contributed by atoms with E-state index < -0.39 is 5.82 Å². The van der Waals surface area contributed by atoms with E-state index in [1.165, 1.54) is 16.9 Å². The number of carbonyl (C=O) groups is 1. The molecule has 0 aliphatic carbocycles. The lowest BCUT2D eigenvalue weighted by Gasteiger charge is -2.17. The van der Waals surface area contributed by atoms with Crippen LogP contribution in [0.4, 0.5) is 10.1 Å². The molecule has 116 valence electrons. The molecule has 1 unspecified atom stereocenters. The number of tetrazole rings is 1. The lowest BCUT2D eigenvalue weighted by Crippen LogP contribution is -2.38. The molecular formula is C13H14ClFN6O. The highest BCUT2D eigenvalue weighted by Gasteiger charge is 2.32. The van der Waals surface area contributed by atoms with Gasteiger partial charge in [0.25, 0.3) is 0 Å². The molecule has 1 aromatic carbocycles. The maximum absolute atomic E-state index is 13.5. The quantitative estimate of drug-likeness (QED) is 0.904. The standard InChI is InChI=1S/C13H14ClFN6O/c1-20-18-12(17-19-20)7-16-11-4-5-21(13(11)22)8-2-3-9(14)10(15)6-8/h2-3,6,11,16H,4-5,7H2,1H3. The summed E-state index contributed by atoms with van der Waals surface area (Å²) in [4.78, 5) is 15.3. The molecule has 7 nitrogen and oxygen atoms in total. The van der Waals surface area contributed by atoms with Crippen molar-refractivity contribution >= 4 is 23.2 Å². The van der Waals surface area contributed by atoms with Gasteiger partial charge in [-0.1, -0.05) is 11.6 Å². The topological polar surface area (TPSA) is 75.9 Å². The monoisotopic (exact) mass is 324 g/mol. The summed E-state index contributed by atoms with van der Waals surface area (Å²) >= 11 is 5.66. The van der Waals surface area contributed by atoms with Gasteiger partial charge in [0.05, 0.1) is 24.7 Å². The first kappa shape index (κ1) is 14.9. The van der Waals surface area contributed by atoms with Gasteiger partial charge in [0.2, 0.25) is 5.91 Å². The van der Waals surface area contributed by atoms with Crippen molar-refractivity contribution in [1.29, 1.82) is 0 Å². The third kappa shape index (κ3) is 2.93. The third-order valence-electron chi connectivity index (χ3n) is 3.48. The van der Waals surface area contributed by atoms with E-state index in [0.29, 0.717) is 31.0 Å². The van der Waals surface area contributed by atoms with Crippen LogP contribution in [-0.4, -0.2) is 38.7 Å². The van der Waals surface area contributed by atoms with Gasteiger partial charge in [0.1, 0.15) is 5.82 Å². The predicted octanol–water partition coefficient (Wildman–Crippen LogP) is 0.898. The molecular weight excluding hydrogens is 311 g/mol. The number of carbonyl (C=O) groups excluding carboxylic acids is 1. The second-order valence-corrected chi connectivity index (χ2v) is 5.41. The number of halogens is 2. The first-order chi connectivity index (χ1) is 10.5. The van der Waals surface area contributed by atoms with Crippen molar-refractivity contribution in [2.75, 3.05) is 11.4 Å². The summed E-state index contributed by atoms with van der Waals surface area (Å²) < 4.78 is 13.5. The van der Waals surface area contributed by atoms with Crippen LogP contribution in [0.2, 0.25) is 5.02 Å². The molecule has 1 aliphatic heterocycles. The van der Waals surface area contributed by atoms with Crippen LogP contribution in [0.25, 0.3) is 0 Å². The average molecular weight is 325 g/mol. The number of aromatic nitrogens is 4. The number of benzene rings is 1. The fourth-order valence-electron chi connectivity index (χ4n) is 2.39. The van der Waals surface area contributed by atoms with Gasteiger partial charge in [-0.15, -0.1) is 10.2 Å². The molecule has 1 amide bonds.